The normalized spacial score (nSPS) is 30.9. The number of benzene rings is 2. The second-order valence-electron chi connectivity index (χ2n) is 9.62. The molecule has 33 heavy (non-hydrogen) atoms. The number of halogens is 1. The number of amides is 3. The number of nitrogens with zero attached hydrogens (tertiary/aromatic N) is 2. The minimum absolute atomic E-state index is 0.0715. The number of para-hydroxylation sites is 1. The molecule has 2 aromatic rings. The molecule has 1 heterocycles. The standard InChI is InChI=1S/C27H25ClN2O3/c1-2-15-5-3-4-6-22(15)29(25(31)16-7-9-17(28)10-8-16)14-30-26(32)23-18-11-12-19(21-13-20(18)21)24(23)27(30)33/h3-12,18-21,23-24H,2,13-14H2,1H3. The topological polar surface area (TPSA) is 57.7 Å². The Kier molecular flexibility index (Phi) is 4.73. The fourth-order valence-electron chi connectivity index (χ4n) is 6.37. The molecule has 1 aliphatic heterocycles. The lowest BCUT2D eigenvalue weighted by molar-refractivity contribution is -0.140. The van der Waals surface area contributed by atoms with E-state index in [0.29, 0.717) is 22.4 Å². The molecule has 2 bridgehead atoms. The number of hydrogen-bond donors (Lipinski definition) is 0. The van der Waals surface area contributed by atoms with Gasteiger partial charge >= 0.3 is 0 Å². The monoisotopic (exact) mass is 460 g/mol. The summed E-state index contributed by atoms with van der Waals surface area (Å²) in [6.07, 6.45) is 6.18. The maximum atomic E-state index is 13.7. The van der Waals surface area contributed by atoms with E-state index >= 15 is 0 Å². The van der Waals surface area contributed by atoms with E-state index in [9.17, 15) is 14.4 Å². The zero-order valence-corrected chi connectivity index (χ0v) is 19.1. The van der Waals surface area contributed by atoms with Crippen LogP contribution in [0.15, 0.2) is 60.7 Å². The average molecular weight is 461 g/mol. The molecule has 2 aromatic carbocycles. The SMILES string of the molecule is CCc1ccccc1N(CN1C(=O)C2C3C=CC(C4CC34)C2C1=O)C(=O)c1ccc(Cl)cc1. The molecular formula is C27H25ClN2O3. The third-order valence-corrected chi connectivity index (χ3v) is 8.29. The van der Waals surface area contributed by atoms with Crippen molar-refractivity contribution in [2.45, 2.75) is 19.8 Å². The molecule has 5 aliphatic rings. The van der Waals surface area contributed by atoms with Crippen molar-refractivity contribution in [2.24, 2.45) is 35.5 Å². The van der Waals surface area contributed by atoms with Gasteiger partial charge in [0.25, 0.3) is 5.91 Å². The van der Waals surface area contributed by atoms with Gasteiger partial charge in [-0.2, -0.15) is 0 Å². The number of imide groups is 1. The predicted octanol–water partition coefficient (Wildman–Crippen LogP) is 4.56. The smallest absolute Gasteiger partial charge is 0.259 e. The van der Waals surface area contributed by atoms with Crippen molar-refractivity contribution in [1.82, 2.24) is 4.90 Å². The van der Waals surface area contributed by atoms with Crippen LogP contribution in [0.25, 0.3) is 0 Å². The molecule has 6 heteroatoms. The zero-order valence-electron chi connectivity index (χ0n) is 18.4. The van der Waals surface area contributed by atoms with E-state index < -0.39 is 0 Å². The van der Waals surface area contributed by atoms with Crippen LogP contribution in [0.3, 0.4) is 0 Å². The Morgan fingerprint density at radius 2 is 1.58 bits per heavy atom. The van der Waals surface area contributed by atoms with Crippen molar-refractivity contribution in [3.8, 4) is 0 Å². The van der Waals surface area contributed by atoms with Crippen LogP contribution in [0, 0.1) is 35.5 Å². The quantitative estimate of drug-likeness (QED) is 0.485. The number of likely N-dealkylation sites (tertiary alicyclic amines) is 1. The van der Waals surface area contributed by atoms with Crippen LogP contribution in [0.4, 0.5) is 5.69 Å². The Balaban J connectivity index is 1.36. The Morgan fingerprint density at radius 1 is 0.970 bits per heavy atom. The molecule has 0 aromatic heterocycles. The van der Waals surface area contributed by atoms with Gasteiger partial charge in [0.05, 0.1) is 11.8 Å². The van der Waals surface area contributed by atoms with E-state index in [-0.39, 0.29) is 48.1 Å². The number of anilines is 1. The van der Waals surface area contributed by atoms with Crippen LogP contribution in [-0.2, 0) is 16.0 Å². The summed E-state index contributed by atoms with van der Waals surface area (Å²) in [6.45, 7) is 1.96. The Hall–Kier alpha value is -2.92. The second-order valence-corrected chi connectivity index (χ2v) is 10.1. The molecular weight excluding hydrogens is 436 g/mol. The van der Waals surface area contributed by atoms with Gasteiger partial charge < -0.3 is 0 Å². The number of allylic oxidation sites excluding steroid dienone is 2. The molecule has 0 N–H and O–H groups in total. The molecule has 7 rings (SSSR count). The predicted molar refractivity (Wildman–Crippen MR) is 125 cm³/mol. The summed E-state index contributed by atoms with van der Waals surface area (Å²) in [5.41, 5.74) is 2.17. The summed E-state index contributed by atoms with van der Waals surface area (Å²) in [5, 5.41) is 0.544. The van der Waals surface area contributed by atoms with E-state index in [1.165, 1.54) is 4.90 Å². The highest BCUT2D eigenvalue weighted by atomic mass is 35.5. The lowest BCUT2D eigenvalue weighted by Gasteiger charge is -2.37. The number of hydrogen-bond acceptors (Lipinski definition) is 3. The lowest BCUT2D eigenvalue weighted by Crippen LogP contribution is -2.45. The Morgan fingerprint density at radius 3 is 2.18 bits per heavy atom. The highest BCUT2D eigenvalue weighted by Crippen LogP contribution is 2.65. The minimum Gasteiger partial charge on any atom is -0.289 e. The second kappa shape index (κ2) is 7.56. The van der Waals surface area contributed by atoms with Crippen LogP contribution in [0.2, 0.25) is 5.02 Å². The van der Waals surface area contributed by atoms with Gasteiger partial charge in [-0.1, -0.05) is 48.9 Å². The van der Waals surface area contributed by atoms with Crippen LogP contribution in [0.5, 0.6) is 0 Å². The molecule has 1 saturated heterocycles. The first-order valence-corrected chi connectivity index (χ1v) is 12.1. The van der Waals surface area contributed by atoms with Gasteiger partial charge in [0.15, 0.2) is 0 Å². The highest BCUT2D eigenvalue weighted by molar-refractivity contribution is 6.30. The molecule has 4 aliphatic carbocycles. The number of rotatable bonds is 5. The van der Waals surface area contributed by atoms with Crippen LogP contribution in [-0.4, -0.2) is 29.3 Å². The summed E-state index contributed by atoms with van der Waals surface area (Å²) in [4.78, 5) is 43.7. The van der Waals surface area contributed by atoms with Crippen molar-refractivity contribution >= 4 is 35.0 Å². The Bertz CT molecular complexity index is 1150. The fourth-order valence-corrected chi connectivity index (χ4v) is 6.50. The van der Waals surface area contributed by atoms with Crippen molar-refractivity contribution in [3.05, 3.63) is 76.8 Å². The summed E-state index contributed by atoms with van der Waals surface area (Å²) in [7, 11) is 0. The van der Waals surface area contributed by atoms with Gasteiger partial charge in [-0.15, -0.1) is 0 Å². The maximum absolute atomic E-state index is 13.7. The molecule has 0 radical (unpaired) electrons. The molecule has 3 amide bonds. The van der Waals surface area contributed by atoms with E-state index in [2.05, 4.69) is 12.2 Å². The van der Waals surface area contributed by atoms with Gasteiger partial charge in [0.1, 0.15) is 6.67 Å². The molecule has 2 saturated carbocycles. The van der Waals surface area contributed by atoms with Gasteiger partial charge in [-0.05, 0) is 72.4 Å². The Labute approximate surface area is 198 Å². The summed E-state index contributed by atoms with van der Waals surface area (Å²) in [5.74, 6) is 0.359. The fraction of sp³-hybridized carbons (Fsp3) is 0.370. The van der Waals surface area contributed by atoms with Crippen LogP contribution < -0.4 is 4.90 Å². The first-order valence-electron chi connectivity index (χ1n) is 11.7. The number of aryl methyl sites for hydroxylation is 1. The van der Waals surface area contributed by atoms with Crippen molar-refractivity contribution in [1.29, 1.82) is 0 Å². The van der Waals surface area contributed by atoms with E-state index in [1.807, 2.05) is 31.2 Å². The molecule has 6 atom stereocenters. The largest absolute Gasteiger partial charge is 0.289 e. The third-order valence-electron chi connectivity index (χ3n) is 8.04. The number of carbonyl (C=O) groups excluding carboxylic acids is 3. The molecule has 168 valence electrons. The van der Waals surface area contributed by atoms with Crippen molar-refractivity contribution in [2.75, 3.05) is 11.6 Å². The minimum atomic E-state index is -0.273. The van der Waals surface area contributed by atoms with E-state index in [1.54, 1.807) is 29.2 Å². The zero-order chi connectivity index (χ0) is 22.9. The lowest BCUT2D eigenvalue weighted by atomic mass is 9.63. The van der Waals surface area contributed by atoms with Gasteiger partial charge in [0, 0.05) is 16.3 Å². The van der Waals surface area contributed by atoms with Gasteiger partial charge in [-0.3, -0.25) is 24.2 Å². The van der Waals surface area contributed by atoms with Crippen LogP contribution >= 0.6 is 11.6 Å². The summed E-state index contributed by atoms with van der Waals surface area (Å²) < 4.78 is 0. The number of carbonyl (C=O) groups is 3. The first-order chi connectivity index (χ1) is 16.0. The molecule has 3 fully saturated rings. The van der Waals surface area contributed by atoms with Crippen molar-refractivity contribution < 1.29 is 14.4 Å². The summed E-state index contributed by atoms with van der Waals surface area (Å²) >= 11 is 6.03. The molecule has 0 spiro atoms. The summed E-state index contributed by atoms with van der Waals surface area (Å²) in [6, 6.07) is 14.4. The van der Waals surface area contributed by atoms with Crippen LogP contribution in [0.1, 0.15) is 29.3 Å². The molecule has 5 nitrogen and oxygen atoms in total. The first kappa shape index (κ1) is 20.7. The highest BCUT2D eigenvalue weighted by Gasteiger charge is 2.67. The van der Waals surface area contributed by atoms with Crippen molar-refractivity contribution in [3.63, 3.8) is 0 Å². The van der Waals surface area contributed by atoms with Gasteiger partial charge in [0.2, 0.25) is 11.8 Å². The third kappa shape index (κ3) is 3.09. The maximum Gasteiger partial charge on any atom is 0.259 e. The van der Waals surface area contributed by atoms with Gasteiger partial charge in [-0.25, -0.2) is 0 Å². The average Bonchev–Trinajstić information content (AvgIpc) is 3.62. The van der Waals surface area contributed by atoms with E-state index in [0.717, 1.165) is 24.1 Å². The van der Waals surface area contributed by atoms with E-state index in [4.69, 9.17) is 11.6 Å². The molecule has 6 unspecified atom stereocenters.